The summed E-state index contributed by atoms with van der Waals surface area (Å²) in [5.41, 5.74) is 0.919. The van der Waals surface area contributed by atoms with Gasteiger partial charge in [0.2, 0.25) is 0 Å². The van der Waals surface area contributed by atoms with Crippen LogP contribution >= 0.6 is 0 Å². The molecule has 0 radical (unpaired) electrons. The maximum Gasteiger partial charge on any atom is 0.0828 e. The molecule has 0 saturated carbocycles. The highest BCUT2D eigenvalue weighted by atomic mass is 16.5. The number of aliphatic hydroxyl groups excluding tert-OH is 1. The van der Waals surface area contributed by atoms with E-state index in [0.717, 1.165) is 18.5 Å². The zero-order chi connectivity index (χ0) is 10.4. The highest BCUT2D eigenvalue weighted by Crippen LogP contribution is 2.05. The lowest BCUT2D eigenvalue weighted by molar-refractivity contribution is 0.156. The number of nitrogens with zero attached hydrogens (tertiary/aromatic N) is 3. The van der Waals surface area contributed by atoms with E-state index in [1.54, 1.807) is 11.8 Å². The van der Waals surface area contributed by atoms with Crippen LogP contribution in [0.5, 0.6) is 0 Å². The Bertz CT molecular complexity index is 262. The van der Waals surface area contributed by atoms with E-state index < -0.39 is 0 Å². The molecule has 1 aromatic rings. The lowest BCUT2D eigenvalue weighted by atomic mass is 10.2. The number of aliphatic hydroxyl groups is 1. The first-order valence-corrected chi connectivity index (χ1v) is 4.78. The van der Waals surface area contributed by atoms with E-state index in [-0.39, 0.29) is 12.6 Å². The van der Waals surface area contributed by atoms with Crippen molar-refractivity contribution in [1.29, 1.82) is 0 Å². The van der Waals surface area contributed by atoms with E-state index in [0.29, 0.717) is 6.61 Å². The van der Waals surface area contributed by atoms with Crippen LogP contribution in [-0.2, 0) is 11.2 Å². The molecule has 5 heteroatoms. The Balaban J connectivity index is 2.49. The molecule has 1 atom stereocenters. The van der Waals surface area contributed by atoms with Gasteiger partial charge in [-0.25, -0.2) is 4.68 Å². The minimum Gasteiger partial charge on any atom is -0.396 e. The first kappa shape index (κ1) is 11.1. The standard InChI is InChI=1S/C9H17N3O2/c1-8(7-14-2)12-6-9(10-11-12)4-3-5-13/h6,8,13H,3-5,7H2,1-2H3. The van der Waals surface area contributed by atoms with E-state index in [9.17, 15) is 0 Å². The Labute approximate surface area is 83.7 Å². The zero-order valence-corrected chi connectivity index (χ0v) is 8.68. The summed E-state index contributed by atoms with van der Waals surface area (Å²) in [6.45, 7) is 2.84. The molecule has 0 spiro atoms. The van der Waals surface area contributed by atoms with Gasteiger partial charge in [0.1, 0.15) is 0 Å². The molecule has 14 heavy (non-hydrogen) atoms. The fourth-order valence-corrected chi connectivity index (χ4v) is 1.22. The van der Waals surface area contributed by atoms with Crippen LogP contribution in [0.25, 0.3) is 0 Å². The first-order valence-electron chi connectivity index (χ1n) is 4.78. The first-order chi connectivity index (χ1) is 6.77. The summed E-state index contributed by atoms with van der Waals surface area (Å²) in [7, 11) is 1.67. The molecule has 0 aliphatic carbocycles. The molecule has 0 saturated heterocycles. The van der Waals surface area contributed by atoms with Gasteiger partial charge in [-0.1, -0.05) is 5.21 Å². The summed E-state index contributed by atoms with van der Waals surface area (Å²) >= 11 is 0. The maximum absolute atomic E-state index is 8.65. The number of ether oxygens (including phenoxy) is 1. The molecule has 1 aromatic heterocycles. The van der Waals surface area contributed by atoms with Crippen molar-refractivity contribution in [3.63, 3.8) is 0 Å². The quantitative estimate of drug-likeness (QED) is 0.721. The minimum absolute atomic E-state index is 0.195. The Kier molecular flexibility index (Phi) is 4.55. The Morgan fingerprint density at radius 3 is 3.07 bits per heavy atom. The molecule has 1 heterocycles. The summed E-state index contributed by atoms with van der Waals surface area (Å²) < 4.78 is 6.81. The average molecular weight is 199 g/mol. The van der Waals surface area contributed by atoms with Gasteiger partial charge >= 0.3 is 0 Å². The summed E-state index contributed by atoms with van der Waals surface area (Å²) in [6, 6.07) is 0.204. The van der Waals surface area contributed by atoms with Crippen molar-refractivity contribution in [2.24, 2.45) is 0 Å². The van der Waals surface area contributed by atoms with Gasteiger partial charge < -0.3 is 9.84 Å². The highest BCUT2D eigenvalue weighted by Gasteiger charge is 2.06. The van der Waals surface area contributed by atoms with Gasteiger partial charge in [-0.15, -0.1) is 5.10 Å². The number of hydrogen-bond acceptors (Lipinski definition) is 4. The van der Waals surface area contributed by atoms with Gasteiger partial charge in [0, 0.05) is 19.9 Å². The second-order valence-corrected chi connectivity index (χ2v) is 3.32. The highest BCUT2D eigenvalue weighted by molar-refractivity contribution is 4.93. The zero-order valence-electron chi connectivity index (χ0n) is 8.68. The van der Waals surface area contributed by atoms with Crippen LogP contribution in [0.2, 0.25) is 0 Å². The normalized spacial score (nSPS) is 13.1. The summed E-state index contributed by atoms with van der Waals surface area (Å²) in [5.74, 6) is 0. The summed E-state index contributed by atoms with van der Waals surface area (Å²) in [5, 5.41) is 16.6. The lowest BCUT2D eigenvalue weighted by Crippen LogP contribution is -2.11. The number of aromatic nitrogens is 3. The molecule has 1 rings (SSSR count). The molecular formula is C9H17N3O2. The number of methoxy groups -OCH3 is 1. The fraction of sp³-hybridized carbons (Fsp3) is 0.778. The largest absolute Gasteiger partial charge is 0.396 e. The van der Waals surface area contributed by atoms with Crippen molar-refractivity contribution in [1.82, 2.24) is 15.0 Å². The van der Waals surface area contributed by atoms with Crippen LogP contribution < -0.4 is 0 Å². The molecule has 0 fully saturated rings. The predicted molar refractivity (Wildman–Crippen MR) is 52.0 cm³/mol. The Morgan fingerprint density at radius 1 is 1.64 bits per heavy atom. The van der Waals surface area contributed by atoms with Gasteiger partial charge in [-0.3, -0.25) is 0 Å². The fourth-order valence-electron chi connectivity index (χ4n) is 1.22. The van der Waals surface area contributed by atoms with E-state index in [1.807, 2.05) is 13.1 Å². The molecule has 80 valence electrons. The molecule has 5 nitrogen and oxygen atoms in total. The average Bonchev–Trinajstić information content (AvgIpc) is 2.63. The Morgan fingerprint density at radius 2 is 2.43 bits per heavy atom. The SMILES string of the molecule is COCC(C)n1cc(CCCO)nn1. The molecular weight excluding hydrogens is 182 g/mol. The van der Waals surface area contributed by atoms with Crippen molar-refractivity contribution >= 4 is 0 Å². The van der Waals surface area contributed by atoms with Crippen molar-refractivity contribution in [3.8, 4) is 0 Å². The van der Waals surface area contributed by atoms with Crippen molar-refractivity contribution < 1.29 is 9.84 Å². The monoisotopic (exact) mass is 199 g/mol. The number of aryl methyl sites for hydroxylation is 1. The smallest absolute Gasteiger partial charge is 0.0828 e. The molecule has 0 bridgehead atoms. The van der Waals surface area contributed by atoms with Gasteiger partial charge in [-0.05, 0) is 19.8 Å². The third-order valence-corrected chi connectivity index (χ3v) is 2.01. The van der Waals surface area contributed by atoms with E-state index >= 15 is 0 Å². The number of hydrogen-bond donors (Lipinski definition) is 1. The van der Waals surface area contributed by atoms with E-state index in [1.165, 1.54) is 0 Å². The third-order valence-electron chi connectivity index (χ3n) is 2.01. The van der Waals surface area contributed by atoms with Crippen LogP contribution in [0, 0.1) is 0 Å². The summed E-state index contributed by atoms with van der Waals surface area (Å²) in [4.78, 5) is 0. The van der Waals surface area contributed by atoms with Crippen molar-refractivity contribution in [2.45, 2.75) is 25.8 Å². The molecule has 1 N–H and O–H groups in total. The molecule has 0 aromatic carbocycles. The third kappa shape index (κ3) is 3.08. The predicted octanol–water partition coefficient (Wildman–Crippen LogP) is 0.410. The lowest BCUT2D eigenvalue weighted by Gasteiger charge is -2.08. The second-order valence-electron chi connectivity index (χ2n) is 3.32. The Hall–Kier alpha value is -0.940. The van der Waals surface area contributed by atoms with Gasteiger partial charge in [0.05, 0.1) is 18.3 Å². The van der Waals surface area contributed by atoms with E-state index in [2.05, 4.69) is 10.3 Å². The maximum atomic E-state index is 8.65. The van der Waals surface area contributed by atoms with E-state index in [4.69, 9.17) is 9.84 Å². The van der Waals surface area contributed by atoms with Crippen molar-refractivity contribution in [3.05, 3.63) is 11.9 Å². The molecule has 0 amide bonds. The molecule has 1 unspecified atom stereocenters. The van der Waals surface area contributed by atoms with Gasteiger partial charge in [-0.2, -0.15) is 0 Å². The van der Waals surface area contributed by atoms with Crippen LogP contribution in [0.4, 0.5) is 0 Å². The van der Waals surface area contributed by atoms with Crippen molar-refractivity contribution in [2.75, 3.05) is 20.3 Å². The number of rotatable bonds is 6. The van der Waals surface area contributed by atoms with Crippen LogP contribution in [0.15, 0.2) is 6.20 Å². The van der Waals surface area contributed by atoms with Crippen LogP contribution in [-0.4, -0.2) is 40.4 Å². The topological polar surface area (TPSA) is 60.2 Å². The summed E-state index contributed by atoms with van der Waals surface area (Å²) in [6.07, 6.45) is 3.41. The van der Waals surface area contributed by atoms with Crippen LogP contribution in [0.1, 0.15) is 25.1 Å². The minimum atomic E-state index is 0.195. The second kappa shape index (κ2) is 5.72. The molecule has 0 aliphatic heterocycles. The molecule has 0 aliphatic rings. The van der Waals surface area contributed by atoms with Gasteiger partial charge in [0.15, 0.2) is 0 Å². The van der Waals surface area contributed by atoms with Crippen LogP contribution in [0.3, 0.4) is 0 Å². The van der Waals surface area contributed by atoms with Gasteiger partial charge in [0.25, 0.3) is 0 Å².